The first-order valence-electron chi connectivity index (χ1n) is 10.6. The number of hydrogen-bond donors (Lipinski definition) is 2. The fourth-order valence-corrected chi connectivity index (χ4v) is 4.35. The molecule has 1 aromatic heterocycles. The highest BCUT2D eigenvalue weighted by atomic mass is 19.1. The van der Waals surface area contributed by atoms with Crippen molar-refractivity contribution in [1.29, 1.82) is 0 Å². The lowest BCUT2D eigenvalue weighted by Gasteiger charge is -2.26. The van der Waals surface area contributed by atoms with Gasteiger partial charge >= 0.3 is 0 Å². The lowest BCUT2D eigenvalue weighted by atomic mass is 10.0. The van der Waals surface area contributed by atoms with Crippen LogP contribution in [0.4, 0.5) is 10.2 Å². The summed E-state index contributed by atoms with van der Waals surface area (Å²) >= 11 is 0. The maximum atomic E-state index is 14.4. The molecule has 162 valence electrons. The van der Waals surface area contributed by atoms with Gasteiger partial charge in [-0.05, 0) is 24.1 Å². The Bertz CT molecular complexity index is 1140. The normalized spacial score (nSPS) is 17.7. The van der Waals surface area contributed by atoms with Crippen LogP contribution in [0.15, 0.2) is 29.4 Å². The summed E-state index contributed by atoms with van der Waals surface area (Å²) in [5.41, 5.74) is 10.5. The lowest BCUT2D eigenvalue weighted by Crippen LogP contribution is -2.34. The smallest absolute Gasteiger partial charge is 0.227 e. The van der Waals surface area contributed by atoms with Crippen LogP contribution in [0, 0.1) is 5.82 Å². The summed E-state index contributed by atoms with van der Waals surface area (Å²) in [5.74, 6) is 1.54. The highest BCUT2D eigenvalue weighted by Crippen LogP contribution is 2.31. The van der Waals surface area contributed by atoms with Crippen LogP contribution in [0.25, 0.3) is 5.57 Å². The maximum Gasteiger partial charge on any atom is 0.227 e. The highest BCUT2D eigenvalue weighted by molar-refractivity contribution is 5.79. The number of carbonyl (C=O) groups is 1. The Balaban J connectivity index is 1.45. The van der Waals surface area contributed by atoms with Gasteiger partial charge in [0.15, 0.2) is 0 Å². The van der Waals surface area contributed by atoms with Crippen LogP contribution < -0.4 is 21.2 Å². The molecule has 4 heterocycles. The van der Waals surface area contributed by atoms with E-state index >= 15 is 0 Å². The van der Waals surface area contributed by atoms with Crippen molar-refractivity contribution in [3.8, 4) is 5.75 Å². The van der Waals surface area contributed by atoms with E-state index in [9.17, 15) is 9.18 Å². The van der Waals surface area contributed by atoms with Crippen molar-refractivity contribution >= 4 is 17.3 Å². The summed E-state index contributed by atoms with van der Waals surface area (Å²) in [6, 6.07) is 3.12. The summed E-state index contributed by atoms with van der Waals surface area (Å²) in [7, 11) is 0. The van der Waals surface area contributed by atoms with E-state index in [4.69, 9.17) is 4.74 Å². The number of hydrazine groups is 1. The molecule has 0 radical (unpaired) electrons. The van der Waals surface area contributed by atoms with E-state index in [0.717, 1.165) is 34.7 Å². The molecule has 31 heavy (non-hydrogen) atoms. The number of nitrogens with one attached hydrogen (secondary N) is 2. The fraction of sp³-hybridized carbons (Fsp3) is 0.409. The first-order chi connectivity index (χ1) is 15.2. The molecule has 2 aromatic rings. The Morgan fingerprint density at radius 2 is 2.26 bits per heavy atom. The number of nitrogens with zero attached hydrogens (tertiary/aromatic N) is 4. The molecule has 8 nitrogen and oxygen atoms in total. The second-order valence-corrected chi connectivity index (χ2v) is 7.80. The topological polar surface area (TPSA) is 83.8 Å². The zero-order valence-corrected chi connectivity index (χ0v) is 17.4. The standard InChI is InChI=1S/C22H25FN6O2/c1-2-20(30)28-8-5-14(6-9-28)16-11-24-22(29-13-26-27-21(16)29)25-12-17-15-7-10-31-19(15)4-3-18(17)23/h3-5,11,26-27H,2,6-10,12-13H2,1H3. The molecule has 0 saturated carbocycles. The molecular weight excluding hydrogens is 399 g/mol. The van der Waals surface area contributed by atoms with E-state index in [1.807, 2.05) is 22.6 Å². The van der Waals surface area contributed by atoms with Gasteiger partial charge in [-0.2, -0.15) is 0 Å². The minimum Gasteiger partial charge on any atom is -0.493 e. The molecular formula is C22H25FN6O2. The van der Waals surface area contributed by atoms with Gasteiger partial charge < -0.3 is 15.1 Å². The molecule has 5 rings (SSSR count). The molecule has 1 aromatic carbocycles. The molecule has 2 N–H and O–H groups in total. The van der Waals surface area contributed by atoms with E-state index in [2.05, 4.69) is 26.9 Å². The van der Waals surface area contributed by atoms with Crippen molar-refractivity contribution in [2.75, 3.05) is 25.1 Å². The largest absolute Gasteiger partial charge is 0.493 e. The number of carbonyl (C=O) groups excluding carboxylic acids is 1. The number of benzene rings is 1. The number of fused-ring (bicyclic) bond motifs is 2. The van der Waals surface area contributed by atoms with Gasteiger partial charge in [-0.15, -0.1) is 0 Å². The SMILES string of the molecule is CCC(=O)N1CC=C(c2cnc(=NCc3c(F)ccc4c3CCO4)n3c2NNC3)CC1. The number of ether oxygens (including phenoxy) is 1. The number of amides is 1. The number of halogens is 1. The van der Waals surface area contributed by atoms with E-state index in [-0.39, 0.29) is 18.3 Å². The van der Waals surface area contributed by atoms with Gasteiger partial charge in [0.05, 0.1) is 19.8 Å². The van der Waals surface area contributed by atoms with Gasteiger partial charge in [0, 0.05) is 48.8 Å². The Labute approximate surface area is 179 Å². The number of rotatable bonds is 4. The maximum absolute atomic E-state index is 14.4. The summed E-state index contributed by atoms with van der Waals surface area (Å²) in [5, 5.41) is 0. The monoisotopic (exact) mass is 424 g/mol. The van der Waals surface area contributed by atoms with Crippen LogP contribution in [0.1, 0.15) is 36.5 Å². The number of hydrogen-bond acceptors (Lipinski definition) is 6. The third-order valence-corrected chi connectivity index (χ3v) is 6.05. The first-order valence-corrected chi connectivity index (χ1v) is 10.6. The molecule has 0 aliphatic carbocycles. The molecule has 0 saturated heterocycles. The first kappa shape index (κ1) is 19.7. The van der Waals surface area contributed by atoms with Crippen LogP contribution in [-0.4, -0.2) is 40.1 Å². The quantitative estimate of drug-likeness (QED) is 0.784. The van der Waals surface area contributed by atoms with Crippen LogP contribution >= 0.6 is 0 Å². The molecule has 3 aliphatic heterocycles. The molecule has 9 heteroatoms. The van der Waals surface area contributed by atoms with Crippen molar-refractivity contribution in [3.05, 3.63) is 52.5 Å². The third kappa shape index (κ3) is 3.59. The van der Waals surface area contributed by atoms with Gasteiger partial charge in [0.25, 0.3) is 0 Å². The van der Waals surface area contributed by atoms with Crippen LogP contribution in [-0.2, 0) is 24.4 Å². The molecule has 0 atom stereocenters. The van der Waals surface area contributed by atoms with Crippen LogP contribution in [0.5, 0.6) is 5.75 Å². The summed E-state index contributed by atoms with van der Waals surface area (Å²) in [6.07, 6.45) is 5.90. The summed E-state index contributed by atoms with van der Waals surface area (Å²) in [4.78, 5) is 23.0. The number of anilines is 1. The number of aromatic nitrogens is 2. The minimum absolute atomic E-state index is 0.173. The van der Waals surface area contributed by atoms with E-state index in [1.54, 1.807) is 6.07 Å². The van der Waals surface area contributed by atoms with E-state index in [1.165, 1.54) is 6.07 Å². The van der Waals surface area contributed by atoms with Crippen LogP contribution in [0.2, 0.25) is 0 Å². The summed E-state index contributed by atoms with van der Waals surface area (Å²) < 4.78 is 21.9. The van der Waals surface area contributed by atoms with Gasteiger partial charge in [0.2, 0.25) is 11.5 Å². The Morgan fingerprint density at radius 3 is 3.06 bits per heavy atom. The van der Waals surface area contributed by atoms with Gasteiger partial charge in [0.1, 0.15) is 17.4 Å². The Hall–Kier alpha value is -3.20. The molecule has 0 spiro atoms. The predicted octanol–water partition coefficient (Wildman–Crippen LogP) is 1.97. The zero-order valence-electron chi connectivity index (χ0n) is 17.4. The van der Waals surface area contributed by atoms with Gasteiger partial charge in [-0.3, -0.25) is 9.36 Å². The second kappa shape index (κ2) is 8.14. The second-order valence-electron chi connectivity index (χ2n) is 7.80. The molecule has 1 amide bonds. The Kier molecular flexibility index (Phi) is 5.19. The van der Waals surface area contributed by atoms with Crippen molar-refractivity contribution < 1.29 is 13.9 Å². The summed E-state index contributed by atoms with van der Waals surface area (Å²) in [6.45, 7) is 4.50. The Morgan fingerprint density at radius 1 is 1.35 bits per heavy atom. The zero-order chi connectivity index (χ0) is 21.4. The van der Waals surface area contributed by atoms with Crippen molar-refractivity contribution in [1.82, 2.24) is 19.9 Å². The van der Waals surface area contributed by atoms with Gasteiger partial charge in [-0.25, -0.2) is 19.8 Å². The average molecular weight is 424 g/mol. The van der Waals surface area contributed by atoms with E-state index < -0.39 is 0 Å². The van der Waals surface area contributed by atoms with E-state index in [0.29, 0.717) is 50.4 Å². The minimum atomic E-state index is -0.263. The average Bonchev–Trinajstić information content (AvgIpc) is 3.48. The van der Waals surface area contributed by atoms with Gasteiger partial charge in [-0.1, -0.05) is 13.0 Å². The molecule has 0 unspecified atom stereocenters. The van der Waals surface area contributed by atoms with Crippen molar-refractivity contribution in [2.24, 2.45) is 4.99 Å². The van der Waals surface area contributed by atoms with Crippen molar-refractivity contribution in [3.63, 3.8) is 0 Å². The lowest BCUT2D eigenvalue weighted by molar-refractivity contribution is -0.130. The molecule has 0 bridgehead atoms. The third-order valence-electron chi connectivity index (χ3n) is 6.05. The van der Waals surface area contributed by atoms with Crippen molar-refractivity contribution in [2.45, 2.75) is 39.4 Å². The highest BCUT2D eigenvalue weighted by Gasteiger charge is 2.23. The fourth-order valence-electron chi connectivity index (χ4n) is 4.35. The van der Waals surface area contributed by atoms with Crippen LogP contribution in [0.3, 0.4) is 0 Å². The molecule has 3 aliphatic rings. The molecule has 0 fully saturated rings. The predicted molar refractivity (Wildman–Crippen MR) is 113 cm³/mol.